The molecule has 0 saturated heterocycles. The zero-order chi connectivity index (χ0) is 14.8. The maximum absolute atomic E-state index is 12.4. The summed E-state index contributed by atoms with van der Waals surface area (Å²) < 4.78 is 0. The molecule has 0 atom stereocenters. The lowest BCUT2D eigenvalue weighted by Crippen LogP contribution is -2.16. The number of rotatable bonds is 2. The number of H-pyrrole nitrogens is 1. The third-order valence-electron chi connectivity index (χ3n) is 3.14. The van der Waals surface area contributed by atoms with Gasteiger partial charge < -0.3 is 16.0 Å². The van der Waals surface area contributed by atoms with Crippen LogP contribution < -0.4 is 16.6 Å². The first-order valence-corrected chi connectivity index (χ1v) is 6.42. The van der Waals surface area contributed by atoms with Crippen LogP contribution in [0, 0.1) is 0 Å². The molecule has 0 aliphatic carbocycles. The number of amides is 1. The Labute approximate surface area is 120 Å². The van der Waals surface area contributed by atoms with Gasteiger partial charge in [0.1, 0.15) is 0 Å². The number of nitrogens with one attached hydrogen (secondary N) is 2. The molecule has 104 valence electrons. The van der Waals surface area contributed by atoms with Gasteiger partial charge in [-0.05, 0) is 24.3 Å². The number of pyridine rings is 1. The van der Waals surface area contributed by atoms with Crippen LogP contribution in [0.1, 0.15) is 10.4 Å². The summed E-state index contributed by atoms with van der Waals surface area (Å²) in [6.45, 7) is 0. The molecule has 5 nitrogen and oxygen atoms in total. The molecule has 0 bridgehead atoms. The Kier molecular flexibility index (Phi) is 3.16. The normalized spacial score (nSPS) is 10.5. The number of aromatic amines is 1. The van der Waals surface area contributed by atoms with Crippen molar-refractivity contribution in [1.29, 1.82) is 0 Å². The van der Waals surface area contributed by atoms with Crippen molar-refractivity contribution in [2.45, 2.75) is 0 Å². The minimum Gasteiger partial charge on any atom is -0.399 e. The zero-order valence-electron chi connectivity index (χ0n) is 11.1. The van der Waals surface area contributed by atoms with E-state index in [1.807, 2.05) is 6.07 Å². The molecule has 0 fully saturated rings. The van der Waals surface area contributed by atoms with E-state index in [4.69, 9.17) is 5.73 Å². The van der Waals surface area contributed by atoms with Gasteiger partial charge in [-0.2, -0.15) is 0 Å². The highest BCUT2D eigenvalue weighted by atomic mass is 16.2. The van der Waals surface area contributed by atoms with E-state index >= 15 is 0 Å². The number of nitrogen functional groups attached to an aromatic ring is 1. The Morgan fingerprint density at radius 1 is 1.05 bits per heavy atom. The lowest BCUT2D eigenvalue weighted by molar-refractivity contribution is 0.102. The van der Waals surface area contributed by atoms with E-state index < -0.39 is 0 Å². The van der Waals surface area contributed by atoms with Crippen LogP contribution in [-0.4, -0.2) is 10.9 Å². The van der Waals surface area contributed by atoms with E-state index in [2.05, 4.69) is 10.3 Å². The molecular formula is C16H13N3O2. The highest BCUT2D eigenvalue weighted by Gasteiger charge is 2.11. The summed E-state index contributed by atoms with van der Waals surface area (Å²) in [6, 6.07) is 15.4. The minimum atomic E-state index is -0.345. The second-order valence-corrected chi connectivity index (χ2v) is 4.67. The number of aromatic nitrogens is 1. The number of para-hydroxylation sites is 1. The summed E-state index contributed by atoms with van der Waals surface area (Å²) in [4.78, 5) is 26.7. The van der Waals surface area contributed by atoms with E-state index in [-0.39, 0.29) is 11.5 Å². The van der Waals surface area contributed by atoms with Crippen LogP contribution in [0.3, 0.4) is 0 Å². The number of fused-ring (bicyclic) bond motifs is 1. The van der Waals surface area contributed by atoms with Gasteiger partial charge in [-0.3, -0.25) is 9.59 Å². The molecule has 0 aliphatic heterocycles. The second kappa shape index (κ2) is 5.13. The van der Waals surface area contributed by atoms with Gasteiger partial charge in [0.15, 0.2) is 0 Å². The van der Waals surface area contributed by atoms with Gasteiger partial charge in [-0.25, -0.2) is 0 Å². The van der Waals surface area contributed by atoms with Gasteiger partial charge in [0.2, 0.25) is 5.56 Å². The Morgan fingerprint density at radius 2 is 1.86 bits per heavy atom. The summed E-state index contributed by atoms with van der Waals surface area (Å²) in [6.07, 6.45) is 0. The molecule has 0 saturated carbocycles. The van der Waals surface area contributed by atoms with Gasteiger partial charge >= 0.3 is 0 Å². The molecule has 4 N–H and O–H groups in total. The van der Waals surface area contributed by atoms with Crippen molar-refractivity contribution in [2.75, 3.05) is 11.1 Å². The zero-order valence-corrected chi connectivity index (χ0v) is 11.1. The molecule has 1 heterocycles. The molecular weight excluding hydrogens is 266 g/mol. The summed E-state index contributed by atoms with van der Waals surface area (Å²) in [5.41, 5.74) is 7.47. The molecule has 0 aliphatic rings. The number of benzene rings is 2. The minimum absolute atomic E-state index is 0.313. The van der Waals surface area contributed by atoms with Gasteiger partial charge in [0, 0.05) is 28.3 Å². The fourth-order valence-corrected chi connectivity index (χ4v) is 2.21. The van der Waals surface area contributed by atoms with Gasteiger partial charge in [0.25, 0.3) is 5.91 Å². The SMILES string of the molecule is Nc1cccc(NC(=O)c2cc(=O)[nH]c3ccccc23)c1. The summed E-state index contributed by atoms with van der Waals surface area (Å²) in [5.74, 6) is -0.345. The number of hydrogen-bond donors (Lipinski definition) is 3. The van der Waals surface area contributed by atoms with E-state index in [1.165, 1.54) is 6.07 Å². The average molecular weight is 279 g/mol. The van der Waals surface area contributed by atoms with Crippen LogP contribution in [-0.2, 0) is 0 Å². The van der Waals surface area contributed by atoms with Crippen molar-refractivity contribution in [1.82, 2.24) is 4.98 Å². The van der Waals surface area contributed by atoms with Crippen LogP contribution in [0.2, 0.25) is 0 Å². The Bertz CT molecular complexity index is 884. The molecule has 0 radical (unpaired) electrons. The third-order valence-corrected chi connectivity index (χ3v) is 3.14. The molecule has 0 unspecified atom stereocenters. The van der Waals surface area contributed by atoms with E-state index in [0.29, 0.717) is 27.8 Å². The number of carbonyl (C=O) groups is 1. The fraction of sp³-hybridized carbons (Fsp3) is 0. The van der Waals surface area contributed by atoms with Crippen LogP contribution in [0.15, 0.2) is 59.4 Å². The summed E-state index contributed by atoms with van der Waals surface area (Å²) in [5, 5.41) is 3.44. The lowest BCUT2D eigenvalue weighted by atomic mass is 10.1. The summed E-state index contributed by atoms with van der Waals surface area (Å²) >= 11 is 0. The highest BCUT2D eigenvalue weighted by Crippen LogP contribution is 2.17. The Hall–Kier alpha value is -3.08. The van der Waals surface area contributed by atoms with Crippen LogP contribution in [0.25, 0.3) is 10.9 Å². The highest BCUT2D eigenvalue weighted by molar-refractivity contribution is 6.12. The first-order valence-electron chi connectivity index (χ1n) is 6.42. The predicted molar refractivity (Wildman–Crippen MR) is 83.4 cm³/mol. The molecule has 1 aromatic heterocycles. The third kappa shape index (κ3) is 2.62. The predicted octanol–water partition coefficient (Wildman–Crippen LogP) is 2.36. The molecule has 2 aromatic carbocycles. The number of carbonyl (C=O) groups excluding carboxylic acids is 1. The molecule has 3 aromatic rings. The van der Waals surface area contributed by atoms with E-state index in [0.717, 1.165) is 0 Å². The fourth-order valence-electron chi connectivity index (χ4n) is 2.21. The first kappa shape index (κ1) is 12.9. The van der Waals surface area contributed by atoms with Crippen molar-refractivity contribution in [3.8, 4) is 0 Å². The monoisotopic (exact) mass is 279 g/mol. The van der Waals surface area contributed by atoms with Crippen LogP contribution in [0.4, 0.5) is 11.4 Å². The average Bonchev–Trinajstić information content (AvgIpc) is 2.46. The molecule has 21 heavy (non-hydrogen) atoms. The molecule has 3 rings (SSSR count). The number of anilines is 2. The quantitative estimate of drug-likeness (QED) is 0.629. The maximum atomic E-state index is 12.4. The second-order valence-electron chi connectivity index (χ2n) is 4.67. The van der Waals surface area contributed by atoms with Crippen molar-refractivity contribution in [3.63, 3.8) is 0 Å². The van der Waals surface area contributed by atoms with Crippen molar-refractivity contribution in [3.05, 3.63) is 70.5 Å². The van der Waals surface area contributed by atoms with Crippen molar-refractivity contribution >= 4 is 28.2 Å². The summed E-state index contributed by atoms with van der Waals surface area (Å²) in [7, 11) is 0. The lowest BCUT2D eigenvalue weighted by Gasteiger charge is -2.08. The standard InChI is InChI=1S/C16H13N3O2/c17-10-4-3-5-11(8-10)18-16(21)13-9-15(20)19-14-7-2-1-6-12(13)14/h1-9H,17H2,(H,18,21)(H,19,20). The number of hydrogen-bond acceptors (Lipinski definition) is 3. The van der Waals surface area contributed by atoms with E-state index in [1.54, 1.807) is 42.5 Å². The van der Waals surface area contributed by atoms with Crippen molar-refractivity contribution < 1.29 is 4.79 Å². The first-order chi connectivity index (χ1) is 10.1. The molecule has 5 heteroatoms. The molecule has 1 amide bonds. The van der Waals surface area contributed by atoms with E-state index in [9.17, 15) is 9.59 Å². The number of nitrogens with two attached hydrogens (primary N) is 1. The molecule has 0 spiro atoms. The van der Waals surface area contributed by atoms with Crippen LogP contribution >= 0.6 is 0 Å². The van der Waals surface area contributed by atoms with Crippen LogP contribution in [0.5, 0.6) is 0 Å². The van der Waals surface area contributed by atoms with Gasteiger partial charge in [-0.15, -0.1) is 0 Å². The Morgan fingerprint density at radius 3 is 2.67 bits per heavy atom. The smallest absolute Gasteiger partial charge is 0.256 e. The largest absolute Gasteiger partial charge is 0.399 e. The Balaban J connectivity index is 2.04. The van der Waals surface area contributed by atoms with Gasteiger partial charge in [0.05, 0.1) is 5.56 Å². The van der Waals surface area contributed by atoms with Gasteiger partial charge in [-0.1, -0.05) is 24.3 Å². The van der Waals surface area contributed by atoms with Crippen molar-refractivity contribution in [2.24, 2.45) is 0 Å². The maximum Gasteiger partial charge on any atom is 0.256 e. The topological polar surface area (TPSA) is 88.0 Å².